The van der Waals surface area contributed by atoms with Crippen molar-refractivity contribution in [1.82, 2.24) is 5.43 Å². The number of hydrogen-bond donors (Lipinski definition) is 1. The normalized spacial score (nSPS) is 10.2. The highest BCUT2D eigenvalue weighted by Gasteiger charge is 2.05. The van der Waals surface area contributed by atoms with Gasteiger partial charge in [0.2, 0.25) is 0 Å². The first-order valence-corrected chi connectivity index (χ1v) is 6.77. The Kier molecular flexibility index (Phi) is 5.52. The van der Waals surface area contributed by atoms with E-state index < -0.39 is 5.91 Å². The number of carbonyl (C=O) groups excluding carboxylic acids is 1. The fourth-order valence-electron chi connectivity index (χ4n) is 1.61. The number of benzene rings is 2. The molecule has 1 amide bonds. The van der Waals surface area contributed by atoms with Gasteiger partial charge in [-0.3, -0.25) is 4.79 Å². The fraction of sp³-hybridized carbons (Fsp3) is 0.0625. The average Bonchev–Trinajstić information content (AvgIpc) is 2.55. The molecule has 1 N–H and O–H groups in total. The molecule has 2 rings (SSSR count). The number of nitrogens with one attached hydrogen (secondary N) is 1. The van der Waals surface area contributed by atoms with Crippen LogP contribution in [0.3, 0.4) is 0 Å². The predicted molar refractivity (Wildman–Crippen MR) is 83.8 cm³/mol. The first kappa shape index (κ1) is 15.5. The van der Waals surface area contributed by atoms with E-state index in [1.807, 2.05) is 12.1 Å². The van der Waals surface area contributed by atoms with Crippen LogP contribution in [0.2, 0.25) is 5.02 Å². The summed E-state index contributed by atoms with van der Waals surface area (Å²) in [6.07, 6.45) is 1.45. The van der Waals surface area contributed by atoms with Crippen molar-refractivity contribution in [3.8, 4) is 11.8 Å². The number of amides is 1. The topological polar surface area (TPSA) is 74.5 Å². The number of hydrazone groups is 1. The van der Waals surface area contributed by atoms with Crippen molar-refractivity contribution in [3.05, 3.63) is 64.7 Å². The second-order valence-electron chi connectivity index (χ2n) is 4.21. The minimum Gasteiger partial charge on any atom is -0.482 e. The zero-order chi connectivity index (χ0) is 15.8. The molecule has 0 heterocycles. The Hall–Kier alpha value is -2.84. The van der Waals surface area contributed by atoms with E-state index in [1.165, 1.54) is 6.21 Å². The molecule has 0 aromatic heterocycles. The molecule has 0 atom stereocenters. The van der Waals surface area contributed by atoms with Crippen molar-refractivity contribution in [3.63, 3.8) is 0 Å². The molecule has 110 valence electrons. The van der Waals surface area contributed by atoms with Crippen LogP contribution in [-0.4, -0.2) is 18.7 Å². The molecule has 0 aliphatic rings. The summed E-state index contributed by atoms with van der Waals surface area (Å²) in [6.45, 7) is -0.238. The van der Waals surface area contributed by atoms with Gasteiger partial charge in [0.05, 0.1) is 11.8 Å². The molecule has 0 saturated carbocycles. The van der Waals surface area contributed by atoms with Crippen molar-refractivity contribution in [2.45, 2.75) is 0 Å². The summed E-state index contributed by atoms with van der Waals surface area (Å²) in [5.41, 5.74) is 3.39. The van der Waals surface area contributed by atoms with Crippen LogP contribution >= 0.6 is 11.6 Å². The summed E-state index contributed by atoms with van der Waals surface area (Å²) in [6, 6.07) is 15.8. The van der Waals surface area contributed by atoms with Crippen molar-refractivity contribution < 1.29 is 9.53 Å². The lowest BCUT2D eigenvalue weighted by atomic mass is 10.2. The molecular weight excluding hydrogens is 302 g/mol. The number of nitrogens with zero attached hydrogens (tertiary/aromatic N) is 2. The van der Waals surface area contributed by atoms with E-state index in [4.69, 9.17) is 21.6 Å². The average molecular weight is 314 g/mol. The van der Waals surface area contributed by atoms with Crippen molar-refractivity contribution in [2.75, 3.05) is 6.61 Å². The number of rotatable bonds is 5. The van der Waals surface area contributed by atoms with Gasteiger partial charge in [0, 0.05) is 10.6 Å². The number of ether oxygens (including phenoxy) is 1. The molecular formula is C16H12ClN3O2. The number of nitriles is 1. The van der Waals surface area contributed by atoms with Crippen molar-refractivity contribution >= 4 is 23.7 Å². The minimum absolute atomic E-state index is 0.238. The smallest absolute Gasteiger partial charge is 0.277 e. The molecule has 0 radical (unpaired) electrons. The third-order valence-electron chi connectivity index (χ3n) is 2.66. The lowest BCUT2D eigenvalue weighted by Crippen LogP contribution is -2.24. The van der Waals surface area contributed by atoms with Crippen molar-refractivity contribution in [2.24, 2.45) is 5.10 Å². The van der Waals surface area contributed by atoms with E-state index in [0.717, 1.165) is 0 Å². The summed E-state index contributed by atoms with van der Waals surface area (Å²) < 4.78 is 5.28. The quantitative estimate of drug-likeness (QED) is 0.681. The molecule has 0 saturated heterocycles. The van der Waals surface area contributed by atoms with E-state index in [2.05, 4.69) is 10.5 Å². The van der Waals surface area contributed by atoms with E-state index in [1.54, 1.807) is 42.5 Å². The summed E-state index contributed by atoms with van der Waals surface area (Å²) >= 11 is 5.95. The maximum atomic E-state index is 11.6. The van der Waals surface area contributed by atoms with Gasteiger partial charge in [0.1, 0.15) is 11.8 Å². The highest BCUT2D eigenvalue weighted by atomic mass is 35.5. The molecule has 22 heavy (non-hydrogen) atoms. The Balaban J connectivity index is 1.86. The highest BCUT2D eigenvalue weighted by molar-refractivity contribution is 6.33. The van der Waals surface area contributed by atoms with Crippen LogP contribution in [-0.2, 0) is 4.79 Å². The molecule has 0 aliphatic carbocycles. The molecule has 5 nitrogen and oxygen atoms in total. The minimum atomic E-state index is -0.434. The Morgan fingerprint density at radius 3 is 2.77 bits per heavy atom. The number of para-hydroxylation sites is 1. The first-order chi connectivity index (χ1) is 10.7. The monoisotopic (exact) mass is 313 g/mol. The molecule has 0 fully saturated rings. The molecule has 0 bridgehead atoms. The fourth-order valence-corrected chi connectivity index (χ4v) is 1.80. The molecule has 0 aliphatic heterocycles. The number of hydrogen-bond acceptors (Lipinski definition) is 4. The second-order valence-corrected chi connectivity index (χ2v) is 4.62. The second kappa shape index (κ2) is 7.81. The van der Waals surface area contributed by atoms with Crippen LogP contribution in [0.5, 0.6) is 5.75 Å². The molecule has 2 aromatic rings. The van der Waals surface area contributed by atoms with Gasteiger partial charge in [-0.2, -0.15) is 10.4 Å². The first-order valence-electron chi connectivity index (χ1n) is 6.39. The SMILES string of the molecule is N#Cc1ccccc1OCC(=O)NN=Cc1ccccc1Cl. The van der Waals surface area contributed by atoms with Crippen LogP contribution in [0.15, 0.2) is 53.6 Å². The lowest BCUT2D eigenvalue weighted by Gasteiger charge is -2.06. The zero-order valence-corrected chi connectivity index (χ0v) is 12.2. The van der Waals surface area contributed by atoms with E-state index in [0.29, 0.717) is 21.9 Å². The van der Waals surface area contributed by atoms with Gasteiger partial charge in [-0.05, 0) is 18.2 Å². The van der Waals surface area contributed by atoms with Gasteiger partial charge in [-0.25, -0.2) is 5.43 Å². The molecule has 6 heteroatoms. The molecule has 2 aromatic carbocycles. The third kappa shape index (κ3) is 4.33. The Morgan fingerprint density at radius 2 is 2.00 bits per heavy atom. The van der Waals surface area contributed by atoms with Crippen molar-refractivity contribution in [1.29, 1.82) is 5.26 Å². The van der Waals surface area contributed by atoms with Gasteiger partial charge >= 0.3 is 0 Å². The predicted octanol–water partition coefficient (Wildman–Crippen LogP) is 2.74. The van der Waals surface area contributed by atoms with Crippen LogP contribution < -0.4 is 10.2 Å². The Bertz CT molecular complexity index is 738. The van der Waals surface area contributed by atoms with E-state index >= 15 is 0 Å². The van der Waals surface area contributed by atoms with Gasteiger partial charge < -0.3 is 4.74 Å². The van der Waals surface area contributed by atoms with Gasteiger partial charge in [-0.1, -0.05) is 41.9 Å². The summed E-state index contributed by atoms with van der Waals surface area (Å²) in [5, 5.41) is 13.3. The zero-order valence-electron chi connectivity index (χ0n) is 11.5. The lowest BCUT2D eigenvalue weighted by molar-refractivity contribution is -0.123. The Labute approximate surface area is 132 Å². The highest BCUT2D eigenvalue weighted by Crippen LogP contribution is 2.16. The summed E-state index contributed by atoms with van der Waals surface area (Å²) in [7, 11) is 0. The van der Waals surface area contributed by atoms with Gasteiger partial charge in [0.25, 0.3) is 5.91 Å². The van der Waals surface area contributed by atoms with Crippen LogP contribution in [0.25, 0.3) is 0 Å². The third-order valence-corrected chi connectivity index (χ3v) is 3.01. The van der Waals surface area contributed by atoms with Crippen LogP contribution in [0.1, 0.15) is 11.1 Å². The van der Waals surface area contributed by atoms with Crippen LogP contribution in [0, 0.1) is 11.3 Å². The number of carbonyl (C=O) groups is 1. The maximum Gasteiger partial charge on any atom is 0.277 e. The summed E-state index contributed by atoms with van der Waals surface area (Å²) in [5.74, 6) is -0.0775. The maximum absolute atomic E-state index is 11.6. The molecule has 0 unspecified atom stereocenters. The van der Waals surface area contributed by atoms with Gasteiger partial charge in [-0.15, -0.1) is 0 Å². The molecule has 0 spiro atoms. The van der Waals surface area contributed by atoms with Crippen LogP contribution in [0.4, 0.5) is 0 Å². The largest absolute Gasteiger partial charge is 0.482 e. The standard InChI is InChI=1S/C16H12ClN3O2/c17-14-7-3-1-6-13(14)10-19-20-16(21)11-22-15-8-4-2-5-12(15)9-18/h1-8,10H,11H2,(H,20,21). The number of halogens is 1. The summed E-state index contributed by atoms with van der Waals surface area (Å²) in [4.78, 5) is 11.6. The van der Waals surface area contributed by atoms with Gasteiger partial charge in [0.15, 0.2) is 6.61 Å². The van der Waals surface area contributed by atoms with E-state index in [-0.39, 0.29) is 6.61 Å². The van der Waals surface area contributed by atoms with E-state index in [9.17, 15) is 4.79 Å². The Morgan fingerprint density at radius 1 is 1.27 bits per heavy atom.